The fourth-order valence-electron chi connectivity index (χ4n) is 1.99. The minimum absolute atomic E-state index is 0.833. The van der Waals surface area contributed by atoms with Crippen LogP contribution in [0.1, 0.15) is 24.5 Å². The summed E-state index contributed by atoms with van der Waals surface area (Å²) in [6.45, 7) is 6.12. The van der Waals surface area contributed by atoms with E-state index in [9.17, 15) is 0 Å². The molecule has 0 spiro atoms. The summed E-state index contributed by atoms with van der Waals surface area (Å²) in [5.41, 5.74) is 2.35. The van der Waals surface area contributed by atoms with Crippen LogP contribution in [0.15, 0.2) is 45.3 Å². The monoisotopic (exact) mass is 411 g/mol. The lowest BCUT2D eigenvalue weighted by atomic mass is 10.2. The van der Waals surface area contributed by atoms with Crippen molar-refractivity contribution in [2.24, 2.45) is 0 Å². The van der Waals surface area contributed by atoms with Crippen LogP contribution in [0.4, 0.5) is 0 Å². The highest BCUT2D eigenvalue weighted by Crippen LogP contribution is 2.33. The fourth-order valence-corrected chi connectivity index (χ4v) is 2.98. The Morgan fingerprint density at radius 2 is 1.81 bits per heavy atom. The Hall–Kier alpha value is -0.840. The van der Waals surface area contributed by atoms with Crippen molar-refractivity contribution >= 4 is 31.9 Å². The maximum atomic E-state index is 5.99. The van der Waals surface area contributed by atoms with Gasteiger partial charge in [-0.05, 0) is 77.3 Å². The van der Waals surface area contributed by atoms with Gasteiger partial charge in [-0.1, -0.05) is 28.9 Å². The molecule has 2 aromatic carbocycles. The van der Waals surface area contributed by atoms with E-state index < -0.39 is 0 Å². The van der Waals surface area contributed by atoms with E-state index in [1.807, 2.05) is 31.2 Å². The molecule has 0 aromatic heterocycles. The Morgan fingerprint density at radius 1 is 1.05 bits per heavy atom. The molecule has 0 radical (unpaired) electrons. The topological polar surface area (TPSA) is 21.3 Å². The molecule has 0 saturated carbocycles. The highest BCUT2D eigenvalue weighted by molar-refractivity contribution is 9.10. The van der Waals surface area contributed by atoms with Crippen LogP contribution >= 0.6 is 31.9 Å². The van der Waals surface area contributed by atoms with Gasteiger partial charge in [-0.2, -0.15) is 0 Å². The summed E-state index contributed by atoms with van der Waals surface area (Å²) in [6, 6.07) is 12.2. The quantitative estimate of drug-likeness (QED) is 0.604. The normalized spacial score (nSPS) is 10.7. The molecule has 0 aliphatic carbocycles. The first-order valence-electron chi connectivity index (χ1n) is 7.03. The number of aryl methyl sites for hydroxylation is 1. The molecule has 0 fully saturated rings. The highest BCUT2D eigenvalue weighted by Gasteiger charge is 2.06. The zero-order valence-electron chi connectivity index (χ0n) is 12.2. The van der Waals surface area contributed by atoms with Crippen molar-refractivity contribution < 1.29 is 4.74 Å². The number of ether oxygens (including phenoxy) is 1. The third-order valence-corrected chi connectivity index (χ3v) is 4.22. The van der Waals surface area contributed by atoms with E-state index in [-0.39, 0.29) is 0 Å². The Balaban J connectivity index is 2.10. The van der Waals surface area contributed by atoms with E-state index in [1.54, 1.807) is 0 Å². The SMILES string of the molecule is CCCNCc1ccc(Oc2ccc(Br)cc2C)c(Br)c1. The van der Waals surface area contributed by atoms with Crippen LogP contribution < -0.4 is 10.1 Å². The minimum atomic E-state index is 0.833. The molecule has 0 aliphatic rings. The van der Waals surface area contributed by atoms with Gasteiger partial charge in [0, 0.05) is 11.0 Å². The van der Waals surface area contributed by atoms with Crippen molar-refractivity contribution in [3.63, 3.8) is 0 Å². The van der Waals surface area contributed by atoms with Gasteiger partial charge in [0.05, 0.1) is 4.47 Å². The number of halogens is 2. The molecule has 0 aliphatic heterocycles. The van der Waals surface area contributed by atoms with E-state index in [4.69, 9.17) is 4.74 Å². The van der Waals surface area contributed by atoms with Gasteiger partial charge in [-0.25, -0.2) is 0 Å². The van der Waals surface area contributed by atoms with Crippen LogP contribution in [0, 0.1) is 6.92 Å². The molecule has 0 saturated heterocycles. The predicted octanol–water partition coefficient (Wildman–Crippen LogP) is 5.81. The standard InChI is InChI=1S/C17H19Br2NO/c1-3-8-20-11-13-4-6-17(15(19)10-13)21-16-7-5-14(18)9-12(16)2/h4-7,9-10,20H,3,8,11H2,1-2H3. The third-order valence-electron chi connectivity index (χ3n) is 3.11. The summed E-state index contributed by atoms with van der Waals surface area (Å²) >= 11 is 7.05. The van der Waals surface area contributed by atoms with Gasteiger partial charge in [0.1, 0.15) is 11.5 Å². The number of hydrogen-bond acceptors (Lipinski definition) is 2. The van der Waals surface area contributed by atoms with Crippen molar-refractivity contribution in [3.05, 3.63) is 56.5 Å². The minimum Gasteiger partial charge on any atom is -0.456 e. The zero-order valence-corrected chi connectivity index (χ0v) is 15.4. The van der Waals surface area contributed by atoms with Gasteiger partial charge in [-0.3, -0.25) is 0 Å². The van der Waals surface area contributed by atoms with Gasteiger partial charge < -0.3 is 10.1 Å². The lowest BCUT2D eigenvalue weighted by Gasteiger charge is -2.12. The molecule has 0 bridgehead atoms. The van der Waals surface area contributed by atoms with E-state index in [1.165, 1.54) is 5.56 Å². The summed E-state index contributed by atoms with van der Waals surface area (Å²) in [7, 11) is 0. The molecule has 0 heterocycles. The van der Waals surface area contributed by atoms with Gasteiger partial charge in [-0.15, -0.1) is 0 Å². The first-order chi connectivity index (χ1) is 10.1. The molecular weight excluding hydrogens is 394 g/mol. The number of benzene rings is 2. The van der Waals surface area contributed by atoms with E-state index >= 15 is 0 Å². The largest absolute Gasteiger partial charge is 0.456 e. The first kappa shape index (κ1) is 16.5. The highest BCUT2D eigenvalue weighted by atomic mass is 79.9. The lowest BCUT2D eigenvalue weighted by Crippen LogP contribution is -2.13. The molecule has 4 heteroatoms. The summed E-state index contributed by atoms with van der Waals surface area (Å²) < 4.78 is 8.02. The molecule has 1 N–H and O–H groups in total. The molecule has 0 unspecified atom stereocenters. The third kappa shape index (κ3) is 4.83. The van der Waals surface area contributed by atoms with Gasteiger partial charge in [0.2, 0.25) is 0 Å². The van der Waals surface area contributed by atoms with Crippen molar-refractivity contribution in [2.75, 3.05) is 6.54 Å². The Labute approximate surface area is 143 Å². The zero-order chi connectivity index (χ0) is 15.2. The Morgan fingerprint density at radius 3 is 2.48 bits per heavy atom. The molecule has 2 nitrogen and oxygen atoms in total. The summed E-state index contributed by atoms with van der Waals surface area (Å²) in [5.74, 6) is 1.70. The van der Waals surface area contributed by atoms with E-state index in [2.05, 4.69) is 56.2 Å². The molecule has 0 amide bonds. The van der Waals surface area contributed by atoms with Gasteiger partial charge in [0.15, 0.2) is 0 Å². The predicted molar refractivity (Wildman–Crippen MR) is 95.1 cm³/mol. The molecule has 2 rings (SSSR count). The second kappa shape index (κ2) is 7.97. The van der Waals surface area contributed by atoms with Crippen LogP contribution in [0.2, 0.25) is 0 Å². The molecular formula is C17H19Br2NO. The van der Waals surface area contributed by atoms with Crippen LogP contribution in [-0.4, -0.2) is 6.54 Å². The van der Waals surface area contributed by atoms with E-state index in [0.29, 0.717) is 0 Å². The maximum Gasteiger partial charge on any atom is 0.141 e. The molecule has 0 atom stereocenters. The van der Waals surface area contributed by atoms with E-state index in [0.717, 1.165) is 45.5 Å². The van der Waals surface area contributed by atoms with Crippen molar-refractivity contribution in [1.29, 1.82) is 0 Å². The summed E-state index contributed by atoms with van der Waals surface area (Å²) in [5, 5.41) is 3.40. The molecule has 21 heavy (non-hydrogen) atoms. The maximum absolute atomic E-state index is 5.99. The van der Waals surface area contributed by atoms with Crippen molar-refractivity contribution in [1.82, 2.24) is 5.32 Å². The van der Waals surface area contributed by atoms with Crippen LogP contribution in [0.3, 0.4) is 0 Å². The average Bonchev–Trinajstić information content (AvgIpc) is 2.44. The summed E-state index contributed by atoms with van der Waals surface area (Å²) in [6.07, 6.45) is 1.14. The lowest BCUT2D eigenvalue weighted by molar-refractivity contribution is 0.475. The van der Waals surface area contributed by atoms with Crippen molar-refractivity contribution in [3.8, 4) is 11.5 Å². The summed E-state index contributed by atoms with van der Waals surface area (Å²) in [4.78, 5) is 0. The second-order valence-corrected chi connectivity index (χ2v) is 6.72. The Bertz CT molecular complexity index is 614. The van der Waals surface area contributed by atoms with Gasteiger partial charge >= 0.3 is 0 Å². The van der Waals surface area contributed by atoms with Crippen LogP contribution in [-0.2, 0) is 6.54 Å². The van der Waals surface area contributed by atoms with Crippen LogP contribution in [0.5, 0.6) is 11.5 Å². The van der Waals surface area contributed by atoms with Crippen LogP contribution in [0.25, 0.3) is 0 Å². The van der Waals surface area contributed by atoms with Crippen molar-refractivity contribution in [2.45, 2.75) is 26.8 Å². The first-order valence-corrected chi connectivity index (χ1v) is 8.62. The second-order valence-electron chi connectivity index (χ2n) is 4.95. The molecule has 112 valence electrons. The number of rotatable bonds is 6. The number of nitrogens with one attached hydrogen (secondary N) is 1. The average molecular weight is 413 g/mol. The smallest absolute Gasteiger partial charge is 0.141 e. The molecule has 2 aromatic rings. The Kier molecular flexibility index (Phi) is 6.27. The number of hydrogen-bond donors (Lipinski definition) is 1. The fraction of sp³-hybridized carbons (Fsp3) is 0.294. The van der Waals surface area contributed by atoms with Gasteiger partial charge in [0.25, 0.3) is 0 Å².